The second-order valence-corrected chi connectivity index (χ2v) is 2.62. The van der Waals surface area contributed by atoms with E-state index >= 15 is 0 Å². The zero-order chi connectivity index (χ0) is 8.27. The highest BCUT2D eigenvalue weighted by Crippen LogP contribution is 2.05. The first-order valence-electron chi connectivity index (χ1n) is 3.71. The molecule has 0 radical (unpaired) electrons. The molecule has 1 rings (SSSR count). The predicted molar refractivity (Wildman–Crippen MR) is 39.1 cm³/mol. The van der Waals surface area contributed by atoms with Gasteiger partial charge in [-0.1, -0.05) is 0 Å². The molecule has 1 fully saturated rings. The van der Waals surface area contributed by atoms with Gasteiger partial charge in [-0.15, -0.1) is 0 Å². The molecule has 11 heavy (non-hydrogen) atoms. The molecule has 0 aromatic rings. The number of hydrogen-bond acceptors (Lipinski definition) is 3. The molecule has 64 valence electrons. The molecular weight excluding hydrogens is 146 g/mol. The van der Waals surface area contributed by atoms with Gasteiger partial charge in [0.15, 0.2) is 0 Å². The molecule has 1 aliphatic rings. The second-order valence-electron chi connectivity index (χ2n) is 2.62. The van der Waals surface area contributed by atoms with Gasteiger partial charge in [0.25, 0.3) is 0 Å². The smallest absolute Gasteiger partial charge is 0.219 e. The summed E-state index contributed by atoms with van der Waals surface area (Å²) >= 11 is 0. The van der Waals surface area contributed by atoms with Crippen LogP contribution in [-0.4, -0.2) is 48.3 Å². The molecule has 0 aliphatic carbocycles. The number of carbonyl (C=O) groups is 1. The Bertz CT molecular complexity index is 149. The van der Waals surface area contributed by atoms with E-state index < -0.39 is 0 Å². The number of carbonyl (C=O) groups excluding carboxylic acids is 1. The van der Waals surface area contributed by atoms with Crippen molar-refractivity contribution in [1.82, 2.24) is 4.90 Å². The highest BCUT2D eigenvalue weighted by atomic mass is 16.5. The molecule has 0 spiro atoms. The second kappa shape index (κ2) is 3.69. The van der Waals surface area contributed by atoms with Gasteiger partial charge >= 0.3 is 0 Å². The SMILES string of the molecule is CC(=O)N1CCOC[C@@H]1CO. The Balaban J connectivity index is 2.51. The summed E-state index contributed by atoms with van der Waals surface area (Å²) in [6.07, 6.45) is 0. The van der Waals surface area contributed by atoms with E-state index in [0.717, 1.165) is 0 Å². The fourth-order valence-corrected chi connectivity index (χ4v) is 1.22. The molecule has 1 atom stereocenters. The van der Waals surface area contributed by atoms with Gasteiger partial charge in [-0.05, 0) is 0 Å². The molecule has 1 amide bonds. The van der Waals surface area contributed by atoms with Crippen LogP contribution < -0.4 is 0 Å². The zero-order valence-electron chi connectivity index (χ0n) is 6.62. The average molecular weight is 159 g/mol. The van der Waals surface area contributed by atoms with Crippen LogP contribution in [0.2, 0.25) is 0 Å². The Hall–Kier alpha value is -0.610. The molecule has 1 aliphatic heterocycles. The van der Waals surface area contributed by atoms with Gasteiger partial charge in [0.1, 0.15) is 0 Å². The summed E-state index contributed by atoms with van der Waals surface area (Å²) in [6.45, 7) is 3.13. The van der Waals surface area contributed by atoms with Crippen molar-refractivity contribution in [2.24, 2.45) is 0 Å². The van der Waals surface area contributed by atoms with Crippen LogP contribution in [0.15, 0.2) is 0 Å². The maximum atomic E-state index is 10.9. The largest absolute Gasteiger partial charge is 0.394 e. The molecule has 0 aromatic carbocycles. The number of nitrogens with zero attached hydrogens (tertiary/aromatic N) is 1. The molecule has 1 N–H and O–H groups in total. The van der Waals surface area contributed by atoms with Crippen LogP contribution >= 0.6 is 0 Å². The van der Waals surface area contributed by atoms with Crippen molar-refractivity contribution in [2.45, 2.75) is 13.0 Å². The van der Waals surface area contributed by atoms with Crippen LogP contribution in [0.4, 0.5) is 0 Å². The Labute approximate surface area is 65.8 Å². The maximum absolute atomic E-state index is 10.9. The minimum absolute atomic E-state index is 0.00681. The van der Waals surface area contributed by atoms with Crippen LogP contribution in [0, 0.1) is 0 Å². The number of morpholine rings is 1. The van der Waals surface area contributed by atoms with Gasteiger partial charge in [0.2, 0.25) is 5.91 Å². The minimum Gasteiger partial charge on any atom is -0.394 e. The molecule has 0 aromatic heterocycles. The van der Waals surface area contributed by atoms with Crippen molar-refractivity contribution in [3.63, 3.8) is 0 Å². The first-order valence-corrected chi connectivity index (χ1v) is 3.71. The van der Waals surface area contributed by atoms with Crippen molar-refractivity contribution >= 4 is 5.91 Å². The van der Waals surface area contributed by atoms with Crippen molar-refractivity contribution in [3.05, 3.63) is 0 Å². The summed E-state index contributed by atoms with van der Waals surface area (Å²) in [5.41, 5.74) is 0. The van der Waals surface area contributed by atoms with Gasteiger partial charge in [0, 0.05) is 13.5 Å². The summed E-state index contributed by atoms with van der Waals surface area (Å²) in [5.74, 6) is 0.00681. The van der Waals surface area contributed by atoms with Crippen LogP contribution in [0.25, 0.3) is 0 Å². The molecule has 1 heterocycles. The van der Waals surface area contributed by atoms with Gasteiger partial charge in [-0.3, -0.25) is 4.79 Å². The fourth-order valence-electron chi connectivity index (χ4n) is 1.22. The molecule has 4 nitrogen and oxygen atoms in total. The topological polar surface area (TPSA) is 49.8 Å². The Morgan fingerprint density at radius 3 is 3.00 bits per heavy atom. The lowest BCUT2D eigenvalue weighted by Crippen LogP contribution is -2.49. The first kappa shape index (κ1) is 8.49. The highest BCUT2D eigenvalue weighted by Gasteiger charge is 2.23. The summed E-state index contributed by atoms with van der Waals surface area (Å²) < 4.78 is 5.10. The Kier molecular flexibility index (Phi) is 2.84. The molecular formula is C7H13NO3. The van der Waals surface area contributed by atoms with E-state index in [4.69, 9.17) is 9.84 Å². The third-order valence-electron chi connectivity index (χ3n) is 1.84. The standard InChI is InChI=1S/C7H13NO3/c1-6(10)8-2-3-11-5-7(8)4-9/h7,9H,2-5H2,1H3/t7-/m0/s1. The quantitative estimate of drug-likeness (QED) is 0.546. The third-order valence-corrected chi connectivity index (χ3v) is 1.84. The number of aliphatic hydroxyl groups is 1. The van der Waals surface area contributed by atoms with E-state index in [2.05, 4.69) is 0 Å². The molecule has 0 unspecified atom stereocenters. The van der Waals surface area contributed by atoms with E-state index in [1.165, 1.54) is 6.92 Å². The lowest BCUT2D eigenvalue weighted by molar-refractivity contribution is -0.139. The van der Waals surface area contributed by atoms with E-state index in [9.17, 15) is 4.79 Å². The van der Waals surface area contributed by atoms with Crippen molar-refractivity contribution in [3.8, 4) is 0 Å². The summed E-state index contributed by atoms with van der Waals surface area (Å²) in [7, 11) is 0. The number of ether oxygens (including phenoxy) is 1. The predicted octanol–water partition coefficient (Wildman–Crippen LogP) is -0.774. The van der Waals surface area contributed by atoms with Gasteiger partial charge < -0.3 is 14.7 Å². The van der Waals surface area contributed by atoms with Crippen LogP contribution in [0.3, 0.4) is 0 Å². The average Bonchev–Trinajstić information content (AvgIpc) is 2.04. The third kappa shape index (κ3) is 1.91. The van der Waals surface area contributed by atoms with Crippen LogP contribution in [-0.2, 0) is 9.53 Å². The number of rotatable bonds is 1. The van der Waals surface area contributed by atoms with E-state index in [0.29, 0.717) is 19.8 Å². The Morgan fingerprint density at radius 2 is 2.55 bits per heavy atom. The number of amides is 1. The molecule has 0 bridgehead atoms. The summed E-state index contributed by atoms with van der Waals surface area (Å²) in [5, 5.41) is 8.84. The fraction of sp³-hybridized carbons (Fsp3) is 0.857. The highest BCUT2D eigenvalue weighted by molar-refractivity contribution is 5.73. The molecule has 1 saturated heterocycles. The lowest BCUT2D eigenvalue weighted by atomic mass is 10.2. The van der Waals surface area contributed by atoms with Gasteiger partial charge in [0.05, 0.1) is 25.9 Å². The van der Waals surface area contributed by atoms with Gasteiger partial charge in [-0.2, -0.15) is 0 Å². The van der Waals surface area contributed by atoms with Crippen molar-refractivity contribution < 1.29 is 14.6 Å². The van der Waals surface area contributed by atoms with E-state index in [1.807, 2.05) is 0 Å². The molecule has 4 heteroatoms. The van der Waals surface area contributed by atoms with Crippen molar-refractivity contribution in [2.75, 3.05) is 26.4 Å². The monoisotopic (exact) mass is 159 g/mol. The van der Waals surface area contributed by atoms with Crippen molar-refractivity contribution in [1.29, 1.82) is 0 Å². The van der Waals surface area contributed by atoms with E-state index in [-0.39, 0.29) is 18.6 Å². The lowest BCUT2D eigenvalue weighted by Gasteiger charge is -2.33. The summed E-state index contributed by atoms with van der Waals surface area (Å²) in [4.78, 5) is 12.6. The zero-order valence-corrected chi connectivity index (χ0v) is 6.62. The summed E-state index contributed by atoms with van der Waals surface area (Å²) in [6, 6.07) is -0.138. The van der Waals surface area contributed by atoms with Crippen LogP contribution in [0.5, 0.6) is 0 Å². The van der Waals surface area contributed by atoms with Crippen LogP contribution in [0.1, 0.15) is 6.92 Å². The Morgan fingerprint density at radius 1 is 1.82 bits per heavy atom. The molecule has 0 saturated carbocycles. The van der Waals surface area contributed by atoms with Gasteiger partial charge in [-0.25, -0.2) is 0 Å². The number of hydrogen-bond donors (Lipinski definition) is 1. The van der Waals surface area contributed by atoms with E-state index in [1.54, 1.807) is 4.90 Å². The first-order chi connectivity index (χ1) is 5.25. The minimum atomic E-state index is -0.138. The number of aliphatic hydroxyl groups excluding tert-OH is 1. The normalized spacial score (nSPS) is 25.3. The maximum Gasteiger partial charge on any atom is 0.219 e.